The highest BCUT2D eigenvalue weighted by atomic mass is 16.5. The first-order valence-electron chi connectivity index (χ1n) is 8.62. The highest BCUT2D eigenvalue weighted by Gasteiger charge is 2.21. The van der Waals surface area contributed by atoms with E-state index in [1.54, 1.807) is 0 Å². The number of aliphatic hydroxyl groups is 1. The molecular weight excluding hydrogens is 318 g/mol. The lowest BCUT2D eigenvalue weighted by Gasteiger charge is -2.31. The molecular formula is C19H21N3O3. The third-order valence-corrected chi connectivity index (χ3v) is 4.52. The summed E-state index contributed by atoms with van der Waals surface area (Å²) in [5.41, 5.74) is 1.74. The van der Waals surface area contributed by atoms with Crippen LogP contribution in [0.15, 0.2) is 47.1 Å². The average molecular weight is 339 g/mol. The monoisotopic (exact) mass is 339 g/mol. The van der Waals surface area contributed by atoms with Crippen LogP contribution >= 0.6 is 0 Å². The van der Waals surface area contributed by atoms with Gasteiger partial charge in [0.25, 0.3) is 0 Å². The van der Waals surface area contributed by atoms with Crippen molar-refractivity contribution in [1.82, 2.24) is 9.97 Å². The van der Waals surface area contributed by atoms with E-state index in [1.807, 2.05) is 42.7 Å². The molecule has 1 saturated heterocycles. The third kappa shape index (κ3) is 3.50. The summed E-state index contributed by atoms with van der Waals surface area (Å²) in [6.07, 6.45) is 5.70. The maximum atomic E-state index is 8.83. The van der Waals surface area contributed by atoms with E-state index in [9.17, 15) is 0 Å². The van der Waals surface area contributed by atoms with Gasteiger partial charge in [0.2, 0.25) is 5.95 Å². The summed E-state index contributed by atoms with van der Waals surface area (Å²) in [6.45, 7) is 2.21. The molecule has 1 N–H and O–H groups in total. The molecule has 0 amide bonds. The van der Waals surface area contributed by atoms with Crippen molar-refractivity contribution in [3.8, 4) is 11.3 Å². The Balaban J connectivity index is 1.44. The third-order valence-electron chi connectivity index (χ3n) is 4.52. The molecule has 3 aromatic rings. The van der Waals surface area contributed by atoms with Crippen molar-refractivity contribution in [1.29, 1.82) is 0 Å². The number of fused-ring (bicyclic) bond motifs is 1. The van der Waals surface area contributed by atoms with Crippen molar-refractivity contribution in [3.63, 3.8) is 0 Å². The van der Waals surface area contributed by atoms with Crippen LogP contribution in [-0.2, 0) is 4.74 Å². The molecule has 0 saturated carbocycles. The summed E-state index contributed by atoms with van der Waals surface area (Å²) >= 11 is 0. The fourth-order valence-electron chi connectivity index (χ4n) is 3.18. The van der Waals surface area contributed by atoms with E-state index in [1.165, 1.54) is 0 Å². The minimum Gasteiger partial charge on any atom is -0.456 e. The summed E-state index contributed by atoms with van der Waals surface area (Å²) < 4.78 is 11.5. The molecule has 1 aliphatic heterocycles. The summed E-state index contributed by atoms with van der Waals surface area (Å²) in [7, 11) is 0. The fraction of sp³-hybridized carbons (Fsp3) is 0.368. The van der Waals surface area contributed by atoms with Crippen LogP contribution in [0.3, 0.4) is 0 Å². The van der Waals surface area contributed by atoms with Crippen LogP contribution in [-0.4, -0.2) is 47.5 Å². The second-order valence-electron chi connectivity index (χ2n) is 6.20. The number of piperidine rings is 1. The zero-order chi connectivity index (χ0) is 17.1. The molecule has 25 heavy (non-hydrogen) atoms. The molecule has 4 rings (SSSR count). The van der Waals surface area contributed by atoms with Crippen LogP contribution in [0.4, 0.5) is 5.95 Å². The van der Waals surface area contributed by atoms with E-state index in [0.717, 1.165) is 54.2 Å². The van der Waals surface area contributed by atoms with Gasteiger partial charge in [-0.15, -0.1) is 0 Å². The van der Waals surface area contributed by atoms with Gasteiger partial charge in [-0.3, -0.25) is 0 Å². The molecule has 3 heterocycles. The molecule has 0 bridgehead atoms. The molecule has 1 aliphatic rings. The van der Waals surface area contributed by atoms with Gasteiger partial charge in [0.1, 0.15) is 11.3 Å². The van der Waals surface area contributed by atoms with Gasteiger partial charge in [0.05, 0.1) is 24.9 Å². The van der Waals surface area contributed by atoms with E-state index in [0.29, 0.717) is 6.61 Å². The van der Waals surface area contributed by atoms with Crippen molar-refractivity contribution in [2.24, 2.45) is 0 Å². The molecule has 0 unspecified atom stereocenters. The molecule has 1 fully saturated rings. The lowest BCUT2D eigenvalue weighted by Crippen LogP contribution is -2.38. The molecule has 130 valence electrons. The van der Waals surface area contributed by atoms with Crippen molar-refractivity contribution in [3.05, 3.63) is 42.7 Å². The van der Waals surface area contributed by atoms with Gasteiger partial charge >= 0.3 is 0 Å². The number of hydrogen-bond donors (Lipinski definition) is 1. The van der Waals surface area contributed by atoms with E-state index in [-0.39, 0.29) is 12.7 Å². The number of anilines is 1. The lowest BCUT2D eigenvalue weighted by molar-refractivity contribution is 0.0157. The predicted octanol–water partition coefficient (Wildman–Crippen LogP) is 2.87. The Morgan fingerprint density at radius 2 is 1.92 bits per heavy atom. The summed E-state index contributed by atoms with van der Waals surface area (Å²) in [6, 6.07) is 9.95. The van der Waals surface area contributed by atoms with Gasteiger partial charge in [-0.05, 0) is 25.0 Å². The van der Waals surface area contributed by atoms with Gasteiger partial charge < -0.3 is 19.2 Å². The zero-order valence-corrected chi connectivity index (χ0v) is 14.0. The highest BCUT2D eigenvalue weighted by molar-refractivity contribution is 5.82. The minimum atomic E-state index is 0.0760. The maximum absolute atomic E-state index is 8.83. The van der Waals surface area contributed by atoms with Gasteiger partial charge in [0.15, 0.2) is 0 Å². The van der Waals surface area contributed by atoms with E-state index < -0.39 is 0 Å². The van der Waals surface area contributed by atoms with Crippen molar-refractivity contribution in [2.45, 2.75) is 18.9 Å². The normalized spacial score (nSPS) is 15.8. The molecule has 2 aromatic heterocycles. The fourth-order valence-corrected chi connectivity index (χ4v) is 3.18. The lowest BCUT2D eigenvalue weighted by atomic mass is 10.1. The van der Waals surface area contributed by atoms with Gasteiger partial charge in [-0.1, -0.05) is 18.2 Å². The molecule has 6 nitrogen and oxygen atoms in total. The van der Waals surface area contributed by atoms with E-state index in [2.05, 4.69) is 14.9 Å². The smallest absolute Gasteiger partial charge is 0.225 e. The van der Waals surface area contributed by atoms with Crippen molar-refractivity contribution >= 4 is 16.9 Å². The number of rotatable bonds is 5. The number of para-hydroxylation sites is 1. The van der Waals surface area contributed by atoms with Crippen LogP contribution in [0.5, 0.6) is 0 Å². The Labute approximate surface area is 146 Å². The number of benzene rings is 1. The largest absolute Gasteiger partial charge is 0.456 e. The summed E-state index contributed by atoms with van der Waals surface area (Å²) in [4.78, 5) is 11.2. The van der Waals surface area contributed by atoms with E-state index in [4.69, 9.17) is 14.3 Å². The number of nitrogens with zero attached hydrogens (tertiary/aromatic N) is 3. The number of hydrogen-bond acceptors (Lipinski definition) is 6. The summed E-state index contributed by atoms with van der Waals surface area (Å²) in [5.74, 6) is 1.52. The molecule has 0 aliphatic carbocycles. The Hall–Kier alpha value is -2.44. The number of aromatic nitrogens is 2. The Kier molecular flexibility index (Phi) is 4.63. The van der Waals surface area contributed by atoms with Gasteiger partial charge in [0, 0.05) is 30.9 Å². The Bertz CT molecular complexity index is 790. The molecule has 0 radical (unpaired) electrons. The first-order valence-corrected chi connectivity index (χ1v) is 8.62. The van der Waals surface area contributed by atoms with Crippen molar-refractivity contribution in [2.75, 3.05) is 31.2 Å². The van der Waals surface area contributed by atoms with Crippen LogP contribution in [0, 0.1) is 0 Å². The topological polar surface area (TPSA) is 71.6 Å². The molecule has 6 heteroatoms. The SMILES string of the molecule is OCCOC1CCN(c2ncc(-c3cc4ccccc4o3)cn2)CC1. The molecule has 0 spiro atoms. The second-order valence-corrected chi connectivity index (χ2v) is 6.20. The number of furan rings is 1. The van der Waals surface area contributed by atoms with Crippen LogP contribution in [0.1, 0.15) is 12.8 Å². The average Bonchev–Trinajstić information content (AvgIpc) is 3.11. The van der Waals surface area contributed by atoms with Gasteiger partial charge in [-0.2, -0.15) is 0 Å². The zero-order valence-electron chi connectivity index (χ0n) is 14.0. The standard InChI is InChI=1S/C19H21N3O3/c23-9-10-24-16-5-7-22(8-6-16)19-20-12-15(13-21-19)18-11-14-3-1-2-4-17(14)25-18/h1-4,11-13,16,23H,5-10H2. The minimum absolute atomic E-state index is 0.0760. The maximum Gasteiger partial charge on any atom is 0.225 e. The van der Waals surface area contributed by atoms with Crippen LogP contribution in [0.25, 0.3) is 22.3 Å². The number of ether oxygens (including phenoxy) is 1. The quantitative estimate of drug-likeness (QED) is 0.771. The van der Waals surface area contributed by atoms with E-state index >= 15 is 0 Å². The van der Waals surface area contributed by atoms with Crippen molar-refractivity contribution < 1.29 is 14.3 Å². The summed E-state index contributed by atoms with van der Waals surface area (Å²) in [5, 5.41) is 9.91. The van der Waals surface area contributed by atoms with Crippen LogP contribution in [0.2, 0.25) is 0 Å². The predicted molar refractivity (Wildman–Crippen MR) is 95.5 cm³/mol. The van der Waals surface area contributed by atoms with Gasteiger partial charge in [-0.25, -0.2) is 9.97 Å². The Morgan fingerprint density at radius 1 is 1.16 bits per heavy atom. The molecule has 1 aromatic carbocycles. The second kappa shape index (κ2) is 7.21. The number of aliphatic hydroxyl groups excluding tert-OH is 1. The first kappa shape index (κ1) is 16.1. The van der Waals surface area contributed by atoms with Crippen LogP contribution < -0.4 is 4.90 Å². The highest BCUT2D eigenvalue weighted by Crippen LogP contribution is 2.27. The molecule has 0 atom stereocenters. The Morgan fingerprint density at radius 3 is 2.64 bits per heavy atom. The first-order chi connectivity index (χ1) is 12.3.